The van der Waals surface area contributed by atoms with Crippen molar-refractivity contribution < 1.29 is 0 Å². The fourth-order valence-electron chi connectivity index (χ4n) is 7.85. The lowest BCUT2D eigenvalue weighted by Gasteiger charge is -2.35. The van der Waals surface area contributed by atoms with Gasteiger partial charge in [-0.2, -0.15) is 15.8 Å². The molecule has 1 aromatic heterocycles. The molecule has 0 spiro atoms. The molecule has 1 aliphatic carbocycles. The maximum Gasteiger partial charge on any atom is 0.0998 e. The van der Waals surface area contributed by atoms with Gasteiger partial charge in [0.25, 0.3) is 0 Å². The van der Waals surface area contributed by atoms with Crippen LogP contribution >= 0.6 is 0 Å². The van der Waals surface area contributed by atoms with E-state index in [-0.39, 0.29) is 0 Å². The molecule has 5 heteroatoms. The Balaban J connectivity index is 1.18. The Hall–Kier alpha value is -7.13. The van der Waals surface area contributed by atoms with Crippen LogP contribution in [0.2, 0.25) is 0 Å². The smallest absolute Gasteiger partial charge is 0.0998 e. The zero-order chi connectivity index (χ0) is 34.5. The summed E-state index contributed by atoms with van der Waals surface area (Å²) in [4.78, 5) is 2.21. The predicted octanol–water partition coefficient (Wildman–Crippen LogP) is 10.9. The molecular formula is C46H29N5. The highest BCUT2D eigenvalue weighted by Crippen LogP contribution is 2.48. The van der Waals surface area contributed by atoms with Crippen molar-refractivity contribution in [3.63, 3.8) is 0 Å². The van der Waals surface area contributed by atoms with Crippen LogP contribution in [0.25, 0.3) is 44.9 Å². The molecule has 0 atom stereocenters. The van der Waals surface area contributed by atoms with Crippen molar-refractivity contribution in [2.75, 3.05) is 4.90 Å². The standard InChI is InChI=1S/C46H29N5/c47-27-30-17-21-43-35(22-30)25-34-8-1-4-13-42(34)51(43)46-23-31(28-48)16-19-39(46)33-10-7-9-32(24-33)38-20-18-37(26-36(38)29-49)50-44-14-5-2-11-40(44)41-12-3-6-15-45(41)50/h1-5,7-14,16-24,26H,6,15,25H2. The minimum atomic E-state index is 0.556. The first-order valence-corrected chi connectivity index (χ1v) is 17.0. The van der Waals surface area contributed by atoms with Crippen LogP contribution in [0.1, 0.15) is 45.5 Å². The van der Waals surface area contributed by atoms with Crippen LogP contribution in [0.4, 0.5) is 17.1 Å². The summed E-state index contributed by atoms with van der Waals surface area (Å²) in [6.07, 6.45) is 7.12. The Morgan fingerprint density at radius 3 is 2.18 bits per heavy atom. The summed E-state index contributed by atoms with van der Waals surface area (Å²) < 4.78 is 2.31. The van der Waals surface area contributed by atoms with Crippen molar-refractivity contribution in [3.05, 3.63) is 173 Å². The van der Waals surface area contributed by atoms with Gasteiger partial charge in [0, 0.05) is 45.7 Å². The van der Waals surface area contributed by atoms with Gasteiger partial charge in [-0.25, -0.2) is 0 Å². The normalized spacial score (nSPS) is 12.7. The van der Waals surface area contributed by atoms with Gasteiger partial charge in [0.1, 0.15) is 0 Å². The zero-order valence-electron chi connectivity index (χ0n) is 27.6. The zero-order valence-corrected chi connectivity index (χ0v) is 27.6. The Morgan fingerprint density at radius 1 is 0.569 bits per heavy atom. The van der Waals surface area contributed by atoms with Crippen LogP contribution in [0.15, 0.2) is 133 Å². The van der Waals surface area contributed by atoms with Crippen molar-refractivity contribution in [1.29, 1.82) is 15.8 Å². The Morgan fingerprint density at radius 2 is 1.31 bits per heavy atom. The van der Waals surface area contributed by atoms with Crippen LogP contribution in [0.3, 0.4) is 0 Å². The highest BCUT2D eigenvalue weighted by atomic mass is 15.2. The largest absolute Gasteiger partial charge is 0.313 e. The van der Waals surface area contributed by atoms with Gasteiger partial charge in [-0.1, -0.05) is 78.9 Å². The Bertz CT molecular complexity index is 2730. The molecule has 0 amide bonds. The number of fused-ring (bicyclic) bond motifs is 5. The quantitative estimate of drug-likeness (QED) is 0.190. The van der Waals surface area contributed by atoms with Gasteiger partial charge < -0.3 is 9.47 Å². The van der Waals surface area contributed by atoms with Crippen molar-refractivity contribution in [1.82, 2.24) is 4.57 Å². The Labute approximate surface area is 296 Å². The first kappa shape index (κ1) is 30.0. The summed E-state index contributed by atoms with van der Waals surface area (Å²) >= 11 is 0. The molecule has 0 N–H and O–H groups in total. The molecule has 1 aliphatic heterocycles. The van der Waals surface area contributed by atoms with E-state index in [1.807, 2.05) is 60.7 Å². The third-order valence-corrected chi connectivity index (χ3v) is 10.1. The highest BCUT2D eigenvalue weighted by Gasteiger charge is 2.27. The molecule has 0 fully saturated rings. The molecule has 2 aliphatic rings. The summed E-state index contributed by atoms with van der Waals surface area (Å²) in [5.74, 6) is 0. The SMILES string of the molecule is N#Cc1ccc2c(c1)Cc1ccccc1N2c1cc(C#N)ccc1-c1cccc(-c2ccc(-n3c4c(c5ccccc53)C=CCC4)cc2C#N)c1. The lowest BCUT2D eigenvalue weighted by atomic mass is 9.91. The van der Waals surface area contributed by atoms with E-state index in [1.54, 1.807) is 0 Å². The van der Waals surface area contributed by atoms with E-state index in [9.17, 15) is 15.8 Å². The van der Waals surface area contributed by atoms with Crippen molar-refractivity contribution in [3.8, 4) is 46.1 Å². The number of hydrogen-bond acceptors (Lipinski definition) is 4. The lowest BCUT2D eigenvalue weighted by molar-refractivity contribution is 0.888. The van der Waals surface area contributed by atoms with Crippen LogP contribution in [0, 0.1) is 34.0 Å². The second kappa shape index (κ2) is 12.1. The number of anilines is 3. The van der Waals surface area contributed by atoms with Gasteiger partial charge in [-0.05, 0) is 101 Å². The first-order valence-electron chi connectivity index (χ1n) is 17.0. The molecule has 0 saturated carbocycles. The van der Waals surface area contributed by atoms with E-state index in [0.717, 1.165) is 74.5 Å². The van der Waals surface area contributed by atoms with Gasteiger partial charge in [-0.15, -0.1) is 0 Å². The average Bonchev–Trinajstić information content (AvgIpc) is 3.53. The number of para-hydroxylation sites is 2. The maximum absolute atomic E-state index is 10.5. The van der Waals surface area contributed by atoms with Crippen LogP contribution in [-0.4, -0.2) is 4.57 Å². The van der Waals surface area contributed by atoms with Gasteiger partial charge in [0.2, 0.25) is 0 Å². The molecule has 238 valence electrons. The molecule has 5 nitrogen and oxygen atoms in total. The number of aromatic nitrogens is 1. The van der Waals surface area contributed by atoms with E-state index < -0.39 is 0 Å². The third kappa shape index (κ3) is 4.90. The lowest BCUT2D eigenvalue weighted by Crippen LogP contribution is -2.19. The molecule has 0 saturated heterocycles. The fraction of sp³-hybridized carbons (Fsp3) is 0.0652. The molecule has 0 bridgehead atoms. The number of hydrogen-bond donors (Lipinski definition) is 0. The fourth-order valence-corrected chi connectivity index (χ4v) is 7.85. The summed E-state index contributed by atoms with van der Waals surface area (Å²) in [5, 5.41) is 31.4. The maximum atomic E-state index is 10.5. The summed E-state index contributed by atoms with van der Waals surface area (Å²) in [7, 11) is 0. The van der Waals surface area contributed by atoms with Crippen molar-refractivity contribution in [2.45, 2.75) is 19.3 Å². The predicted molar refractivity (Wildman–Crippen MR) is 203 cm³/mol. The van der Waals surface area contributed by atoms with Crippen LogP contribution in [-0.2, 0) is 12.8 Å². The second-order valence-corrected chi connectivity index (χ2v) is 13.0. The molecule has 0 unspecified atom stereocenters. The monoisotopic (exact) mass is 651 g/mol. The number of nitriles is 3. The number of rotatable bonds is 4. The second-order valence-electron chi connectivity index (χ2n) is 13.0. The van der Waals surface area contributed by atoms with Gasteiger partial charge >= 0.3 is 0 Å². The molecule has 51 heavy (non-hydrogen) atoms. The Kier molecular flexibility index (Phi) is 7.10. The number of nitrogens with zero attached hydrogens (tertiary/aromatic N) is 5. The van der Waals surface area contributed by atoms with Gasteiger partial charge in [0.05, 0.1) is 46.1 Å². The van der Waals surface area contributed by atoms with Crippen LogP contribution in [0.5, 0.6) is 0 Å². The summed E-state index contributed by atoms with van der Waals surface area (Å²) in [6, 6.07) is 50.0. The third-order valence-electron chi connectivity index (χ3n) is 10.1. The minimum Gasteiger partial charge on any atom is -0.313 e. The van der Waals surface area contributed by atoms with Gasteiger partial charge in [-0.3, -0.25) is 0 Å². The van der Waals surface area contributed by atoms with Crippen molar-refractivity contribution in [2.24, 2.45) is 0 Å². The number of allylic oxidation sites excluding steroid dienone is 1. The van der Waals surface area contributed by atoms with E-state index in [1.165, 1.54) is 16.6 Å². The minimum absolute atomic E-state index is 0.556. The molecule has 9 rings (SSSR count). The summed E-state index contributed by atoms with van der Waals surface area (Å²) in [5.41, 5.74) is 15.3. The van der Waals surface area contributed by atoms with E-state index in [4.69, 9.17) is 0 Å². The molecule has 2 heterocycles. The van der Waals surface area contributed by atoms with E-state index >= 15 is 0 Å². The van der Waals surface area contributed by atoms with E-state index in [0.29, 0.717) is 23.1 Å². The summed E-state index contributed by atoms with van der Waals surface area (Å²) in [6.45, 7) is 0. The number of benzene rings is 6. The first-order chi connectivity index (χ1) is 25.1. The van der Waals surface area contributed by atoms with E-state index in [2.05, 4.69) is 107 Å². The molecule has 7 aromatic rings. The van der Waals surface area contributed by atoms with Gasteiger partial charge in [0.15, 0.2) is 0 Å². The topological polar surface area (TPSA) is 79.5 Å². The van der Waals surface area contributed by atoms with Crippen molar-refractivity contribution >= 4 is 34.0 Å². The molecular weight excluding hydrogens is 623 g/mol. The highest BCUT2D eigenvalue weighted by molar-refractivity contribution is 5.95. The average molecular weight is 652 g/mol. The molecule has 0 radical (unpaired) electrons. The van der Waals surface area contributed by atoms with Crippen LogP contribution < -0.4 is 4.90 Å². The molecule has 6 aromatic carbocycles.